The third kappa shape index (κ3) is 4.03. The zero-order valence-electron chi connectivity index (χ0n) is 11.2. The molecular weight excluding hydrogens is 262 g/mol. The molecule has 106 valence electrons. The first-order valence-corrected chi connectivity index (χ1v) is 7.55. The summed E-state index contributed by atoms with van der Waals surface area (Å²) in [5, 5.41) is 22.5. The van der Waals surface area contributed by atoms with E-state index < -0.39 is 11.6 Å². The van der Waals surface area contributed by atoms with Crippen molar-refractivity contribution in [3.8, 4) is 0 Å². The predicted molar refractivity (Wildman–Crippen MR) is 75.6 cm³/mol. The average molecular weight is 283 g/mol. The topological polar surface area (TPSA) is 69.6 Å². The summed E-state index contributed by atoms with van der Waals surface area (Å²) in [7, 11) is 0. The van der Waals surface area contributed by atoms with Gasteiger partial charge in [0, 0.05) is 18.0 Å². The van der Waals surface area contributed by atoms with E-state index in [0.29, 0.717) is 18.0 Å². The summed E-state index contributed by atoms with van der Waals surface area (Å²) in [5.74, 6) is -0.160. The second-order valence-corrected chi connectivity index (χ2v) is 6.75. The number of nitrogens with one attached hydrogen (secondary N) is 1. The van der Waals surface area contributed by atoms with Gasteiger partial charge >= 0.3 is 5.97 Å². The van der Waals surface area contributed by atoms with Crippen molar-refractivity contribution in [2.24, 2.45) is 5.92 Å². The molecule has 19 heavy (non-hydrogen) atoms. The Kier molecular flexibility index (Phi) is 4.60. The normalized spacial score (nSPS) is 27.4. The molecule has 0 atom stereocenters. The van der Waals surface area contributed by atoms with Crippen molar-refractivity contribution in [1.82, 2.24) is 5.32 Å². The number of thiophene rings is 1. The van der Waals surface area contributed by atoms with Crippen molar-refractivity contribution in [2.45, 2.75) is 44.8 Å². The number of carbonyl (C=O) groups is 1. The summed E-state index contributed by atoms with van der Waals surface area (Å²) in [5.41, 5.74) is -0.584. The minimum absolute atomic E-state index is 0.363. The van der Waals surface area contributed by atoms with Gasteiger partial charge in [-0.15, -0.1) is 11.3 Å². The minimum atomic E-state index is -0.879. The van der Waals surface area contributed by atoms with E-state index in [4.69, 9.17) is 5.11 Å². The number of carboxylic acid groups (broad SMARTS) is 1. The molecule has 5 heteroatoms. The summed E-state index contributed by atoms with van der Waals surface area (Å²) in [6.45, 7) is 3.43. The summed E-state index contributed by atoms with van der Waals surface area (Å²) in [6.07, 6.45) is 3.87. The Morgan fingerprint density at radius 3 is 2.74 bits per heavy atom. The van der Waals surface area contributed by atoms with Crippen LogP contribution in [0.1, 0.15) is 47.2 Å². The first-order chi connectivity index (χ1) is 8.98. The third-order valence-electron chi connectivity index (χ3n) is 3.83. The molecule has 3 N–H and O–H groups in total. The lowest BCUT2D eigenvalue weighted by Crippen LogP contribution is -2.43. The van der Waals surface area contributed by atoms with E-state index in [1.165, 1.54) is 11.3 Å². The molecule has 1 aliphatic carbocycles. The van der Waals surface area contributed by atoms with Crippen LogP contribution in [0.3, 0.4) is 0 Å². The van der Waals surface area contributed by atoms with Gasteiger partial charge < -0.3 is 15.5 Å². The lowest BCUT2D eigenvalue weighted by atomic mass is 9.79. The molecule has 1 saturated carbocycles. The van der Waals surface area contributed by atoms with Crippen molar-refractivity contribution >= 4 is 17.3 Å². The first-order valence-electron chi connectivity index (χ1n) is 6.74. The van der Waals surface area contributed by atoms with E-state index in [1.54, 1.807) is 6.07 Å². The molecule has 1 fully saturated rings. The Labute approximate surface area is 117 Å². The van der Waals surface area contributed by atoms with Crippen molar-refractivity contribution in [3.05, 3.63) is 21.9 Å². The Morgan fingerprint density at radius 2 is 2.16 bits per heavy atom. The second-order valence-electron chi connectivity index (χ2n) is 5.58. The fourth-order valence-electron chi connectivity index (χ4n) is 2.48. The van der Waals surface area contributed by atoms with Crippen LogP contribution in [0.25, 0.3) is 0 Å². The summed E-state index contributed by atoms with van der Waals surface area (Å²) < 4.78 is 0. The molecule has 4 nitrogen and oxygen atoms in total. The van der Waals surface area contributed by atoms with Gasteiger partial charge in [-0.2, -0.15) is 0 Å². The Balaban J connectivity index is 1.78. The van der Waals surface area contributed by atoms with Crippen LogP contribution < -0.4 is 5.32 Å². The molecule has 1 aliphatic rings. The Morgan fingerprint density at radius 1 is 1.47 bits per heavy atom. The molecule has 1 heterocycles. The molecule has 1 aromatic rings. The molecule has 0 amide bonds. The Bertz CT molecular complexity index is 436. The van der Waals surface area contributed by atoms with Crippen molar-refractivity contribution in [3.63, 3.8) is 0 Å². The quantitative estimate of drug-likeness (QED) is 0.776. The number of hydrogen-bond acceptors (Lipinski definition) is 4. The van der Waals surface area contributed by atoms with E-state index in [1.807, 2.05) is 6.07 Å². The van der Waals surface area contributed by atoms with Crippen LogP contribution in [0.4, 0.5) is 0 Å². The number of rotatable bonds is 5. The number of aliphatic hydroxyl groups is 1. The van der Waals surface area contributed by atoms with Gasteiger partial charge in [0.15, 0.2) is 0 Å². The van der Waals surface area contributed by atoms with E-state index >= 15 is 0 Å². The van der Waals surface area contributed by atoms with Crippen LogP contribution in [0, 0.1) is 5.92 Å². The van der Waals surface area contributed by atoms with Gasteiger partial charge in [-0.05, 0) is 43.7 Å². The standard InChI is InChI=1S/C14H21NO3S/c1-10-4-6-14(18,7-5-10)9-15-8-11-2-3-12(19-11)13(16)17/h2-3,10,15,18H,4-9H2,1H3,(H,16,17). The molecule has 2 rings (SSSR count). The maximum atomic E-state index is 10.8. The highest BCUT2D eigenvalue weighted by molar-refractivity contribution is 7.13. The van der Waals surface area contributed by atoms with Crippen LogP contribution in [-0.4, -0.2) is 28.3 Å². The lowest BCUT2D eigenvalue weighted by Gasteiger charge is -2.35. The molecular formula is C14H21NO3S. The smallest absolute Gasteiger partial charge is 0.345 e. The Hall–Kier alpha value is -0.910. The predicted octanol–water partition coefficient (Wildman–Crippen LogP) is 2.48. The van der Waals surface area contributed by atoms with Gasteiger partial charge in [-0.25, -0.2) is 4.79 Å². The molecule has 0 aliphatic heterocycles. The first kappa shape index (κ1) is 14.5. The van der Waals surface area contributed by atoms with Crippen LogP contribution in [0.5, 0.6) is 0 Å². The monoisotopic (exact) mass is 283 g/mol. The van der Waals surface area contributed by atoms with Crippen LogP contribution in [0.15, 0.2) is 12.1 Å². The fraction of sp³-hybridized carbons (Fsp3) is 0.643. The molecule has 0 spiro atoms. The highest BCUT2D eigenvalue weighted by Crippen LogP contribution is 2.31. The number of carboxylic acids is 1. The van der Waals surface area contributed by atoms with Crippen molar-refractivity contribution < 1.29 is 15.0 Å². The molecule has 0 aromatic carbocycles. The largest absolute Gasteiger partial charge is 0.477 e. The highest BCUT2D eigenvalue weighted by atomic mass is 32.1. The summed E-state index contributed by atoms with van der Waals surface area (Å²) in [4.78, 5) is 12.1. The maximum Gasteiger partial charge on any atom is 0.345 e. The van der Waals surface area contributed by atoms with Gasteiger partial charge in [0.2, 0.25) is 0 Å². The fourth-order valence-corrected chi connectivity index (χ4v) is 3.30. The van der Waals surface area contributed by atoms with Gasteiger partial charge in [0.05, 0.1) is 5.60 Å². The summed E-state index contributed by atoms with van der Waals surface area (Å²) in [6, 6.07) is 3.45. The SMILES string of the molecule is CC1CCC(O)(CNCc2ccc(C(=O)O)s2)CC1. The zero-order valence-corrected chi connectivity index (χ0v) is 12.0. The zero-order chi connectivity index (χ0) is 13.9. The van der Waals surface area contributed by atoms with E-state index in [9.17, 15) is 9.90 Å². The van der Waals surface area contributed by atoms with Gasteiger partial charge in [0.25, 0.3) is 0 Å². The minimum Gasteiger partial charge on any atom is -0.477 e. The molecule has 0 unspecified atom stereocenters. The average Bonchev–Trinajstić information content (AvgIpc) is 2.82. The van der Waals surface area contributed by atoms with E-state index in [0.717, 1.165) is 36.5 Å². The summed E-state index contributed by atoms with van der Waals surface area (Å²) >= 11 is 1.28. The van der Waals surface area contributed by atoms with Crippen LogP contribution in [0.2, 0.25) is 0 Å². The maximum absolute atomic E-state index is 10.8. The highest BCUT2D eigenvalue weighted by Gasteiger charge is 2.31. The molecule has 0 bridgehead atoms. The van der Waals surface area contributed by atoms with Gasteiger partial charge in [0.1, 0.15) is 4.88 Å². The van der Waals surface area contributed by atoms with E-state index in [-0.39, 0.29) is 0 Å². The second kappa shape index (κ2) is 6.03. The van der Waals surface area contributed by atoms with Crippen molar-refractivity contribution in [1.29, 1.82) is 0 Å². The molecule has 1 aromatic heterocycles. The van der Waals surface area contributed by atoms with Gasteiger partial charge in [-0.3, -0.25) is 0 Å². The van der Waals surface area contributed by atoms with Crippen molar-refractivity contribution in [2.75, 3.05) is 6.54 Å². The number of hydrogen-bond donors (Lipinski definition) is 3. The number of aromatic carboxylic acids is 1. The van der Waals surface area contributed by atoms with E-state index in [2.05, 4.69) is 12.2 Å². The van der Waals surface area contributed by atoms with Gasteiger partial charge in [-0.1, -0.05) is 6.92 Å². The molecule has 0 saturated heterocycles. The van der Waals surface area contributed by atoms with Crippen LogP contribution in [-0.2, 0) is 6.54 Å². The molecule has 0 radical (unpaired) electrons. The lowest BCUT2D eigenvalue weighted by molar-refractivity contribution is -0.00626. The third-order valence-corrected chi connectivity index (χ3v) is 4.90. The van der Waals surface area contributed by atoms with Crippen LogP contribution >= 0.6 is 11.3 Å².